The molecule has 1 aromatic carbocycles. The number of hydrogen-bond donors (Lipinski definition) is 0. The Labute approximate surface area is 181 Å². The number of carbonyl (C=O) groups excluding carboxylic acids is 1. The molecule has 1 aliphatic heterocycles. The fourth-order valence-corrected chi connectivity index (χ4v) is 4.51. The van der Waals surface area contributed by atoms with Gasteiger partial charge < -0.3 is 9.80 Å². The molecule has 1 amide bonds. The summed E-state index contributed by atoms with van der Waals surface area (Å²) in [5.41, 5.74) is 3.40. The molecule has 0 aliphatic carbocycles. The molecule has 1 aliphatic rings. The zero-order chi connectivity index (χ0) is 21.1. The van der Waals surface area contributed by atoms with Crippen LogP contribution in [-0.2, 0) is 4.79 Å². The molecular formula is C22H26N6OS. The summed E-state index contributed by atoms with van der Waals surface area (Å²) in [7, 11) is 0. The SMILES string of the molecule is Cc1ccc(C)c(-n2c(C)nnc2SCC(=O)N2CCN(c3ccccn3)CC2)c1. The van der Waals surface area contributed by atoms with E-state index in [4.69, 9.17) is 0 Å². The van der Waals surface area contributed by atoms with Gasteiger partial charge in [-0.25, -0.2) is 4.98 Å². The fraction of sp³-hybridized carbons (Fsp3) is 0.364. The van der Waals surface area contributed by atoms with E-state index >= 15 is 0 Å². The molecule has 7 nitrogen and oxygen atoms in total. The van der Waals surface area contributed by atoms with Gasteiger partial charge in [-0.2, -0.15) is 0 Å². The maximum Gasteiger partial charge on any atom is 0.233 e. The molecule has 0 N–H and O–H groups in total. The molecule has 0 unspecified atom stereocenters. The summed E-state index contributed by atoms with van der Waals surface area (Å²) >= 11 is 1.45. The highest BCUT2D eigenvalue weighted by molar-refractivity contribution is 7.99. The first-order chi connectivity index (χ1) is 14.5. The van der Waals surface area contributed by atoms with Crippen LogP contribution in [0.2, 0.25) is 0 Å². The number of nitrogens with zero attached hydrogens (tertiary/aromatic N) is 6. The van der Waals surface area contributed by atoms with Gasteiger partial charge in [-0.3, -0.25) is 9.36 Å². The van der Waals surface area contributed by atoms with Crippen molar-refractivity contribution in [2.75, 3.05) is 36.8 Å². The summed E-state index contributed by atoms with van der Waals surface area (Å²) in [6.45, 7) is 9.10. The van der Waals surface area contributed by atoms with Crippen LogP contribution in [0, 0.1) is 20.8 Å². The maximum atomic E-state index is 12.8. The van der Waals surface area contributed by atoms with Crippen molar-refractivity contribution < 1.29 is 4.79 Å². The zero-order valence-electron chi connectivity index (χ0n) is 17.6. The minimum Gasteiger partial charge on any atom is -0.353 e. The smallest absolute Gasteiger partial charge is 0.233 e. The van der Waals surface area contributed by atoms with E-state index in [0.717, 1.165) is 41.1 Å². The molecule has 3 heterocycles. The molecule has 1 fully saturated rings. The third-order valence-electron chi connectivity index (χ3n) is 5.33. The highest BCUT2D eigenvalue weighted by Crippen LogP contribution is 2.25. The lowest BCUT2D eigenvalue weighted by atomic mass is 10.1. The Balaban J connectivity index is 1.39. The molecule has 4 rings (SSSR count). The van der Waals surface area contributed by atoms with E-state index in [1.807, 2.05) is 34.6 Å². The Morgan fingerprint density at radius 2 is 1.83 bits per heavy atom. The van der Waals surface area contributed by atoms with Crippen molar-refractivity contribution in [3.63, 3.8) is 0 Å². The summed E-state index contributed by atoms with van der Waals surface area (Å²) in [5, 5.41) is 9.32. The number of pyridine rings is 1. The van der Waals surface area contributed by atoms with Gasteiger partial charge in [0.05, 0.1) is 11.4 Å². The molecule has 3 aromatic rings. The first-order valence-corrected chi connectivity index (χ1v) is 11.1. The quantitative estimate of drug-likeness (QED) is 0.589. The van der Waals surface area contributed by atoms with Gasteiger partial charge in [0, 0.05) is 32.4 Å². The molecule has 0 saturated carbocycles. The number of anilines is 1. The molecule has 1 saturated heterocycles. The van der Waals surface area contributed by atoms with Crippen molar-refractivity contribution >= 4 is 23.5 Å². The molecule has 30 heavy (non-hydrogen) atoms. The van der Waals surface area contributed by atoms with Gasteiger partial charge in [0.15, 0.2) is 5.16 Å². The summed E-state index contributed by atoms with van der Waals surface area (Å²) in [4.78, 5) is 21.4. The van der Waals surface area contributed by atoms with Gasteiger partial charge in [-0.1, -0.05) is 30.0 Å². The van der Waals surface area contributed by atoms with Crippen molar-refractivity contribution in [1.82, 2.24) is 24.6 Å². The minimum absolute atomic E-state index is 0.133. The summed E-state index contributed by atoms with van der Waals surface area (Å²) in [5.74, 6) is 2.28. The summed E-state index contributed by atoms with van der Waals surface area (Å²) in [6, 6.07) is 12.2. The van der Waals surface area contributed by atoms with E-state index in [-0.39, 0.29) is 5.91 Å². The van der Waals surface area contributed by atoms with Gasteiger partial charge in [0.25, 0.3) is 0 Å². The number of thioether (sulfide) groups is 1. The van der Waals surface area contributed by atoms with Crippen molar-refractivity contribution in [3.8, 4) is 5.69 Å². The molecular weight excluding hydrogens is 396 g/mol. The molecule has 0 atom stereocenters. The second-order valence-electron chi connectivity index (χ2n) is 7.50. The first kappa shape index (κ1) is 20.4. The summed E-state index contributed by atoms with van der Waals surface area (Å²) in [6.07, 6.45) is 1.80. The van der Waals surface area contributed by atoms with Crippen LogP contribution in [0.5, 0.6) is 0 Å². The maximum absolute atomic E-state index is 12.8. The minimum atomic E-state index is 0.133. The third-order valence-corrected chi connectivity index (χ3v) is 6.24. The Kier molecular flexibility index (Phi) is 6.03. The van der Waals surface area contributed by atoms with Crippen LogP contribution in [0.25, 0.3) is 5.69 Å². The largest absolute Gasteiger partial charge is 0.353 e. The van der Waals surface area contributed by atoms with E-state index in [1.54, 1.807) is 6.20 Å². The van der Waals surface area contributed by atoms with Gasteiger partial charge in [-0.15, -0.1) is 10.2 Å². The van der Waals surface area contributed by atoms with Gasteiger partial charge >= 0.3 is 0 Å². The molecule has 8 heteroatoms. The van der Waals surface area contributed by atoms with Crippen LogP contribution in [0.1, 0.15) is 17.0 Å². The number of benzene rings is 1. The Bertz CT molecular complexity index is 1030. The number of rotatable bonds is 5. The molecule has 156 valence electrons. The van der Waals surface area contributed by atoms with E-state index in [0.29, 0.717) is 18.8 Å². The number of aromatic nitrogens is 4. The average molecular weight is 423 g/mol. The van der Waals surface area contributed by atoms with E-state index in [2.05, 4.69) is 52.1 Å². The topological polar surface area (TPSA) is 67.2 Å². The van der Waals surface area contributed by atoms with Gasteiger partial charge in [-0.05, 0) is 50.1 Å². The number of carbonyl (C=O) groups is 1. The molecule has 0 radical (unpaired) electrons. The van der Waals surface area contributed by atoms with Crippen LogP contribution in [-0.4, -0.2) is 62.5 Å². The first-order valence-electron chi connectivity index (χ1n) is 10.1. The zero-order valence-corrected chi connectivity index (χ0v) is 18.4. The highest BCUT2D eigenvalue weighted by Gasteiger charge is 2.23. The summed E-state index contributed by atoms with van der Waals surface area (Å²) < 4.78 is 2.04. The van der Waals surface area contributed by atoms with Crippen molar-refractivity contribution in [2.45, 2.75) is 25.9 Å². The Morgan fingerprint density at radius 3 is 2.57 bits per heavy atom. The van der Waals surface area contributed by atoms with Crippen LogP contribution in [0.3, 0.4) is 0 Å². The Hall–Kier alpha value is -2.87. The fourth-order valence-electron chi connectivity index (χ4n) is 3.62. The van der Waals surface area contributed by atoms with Crippen LogP contribution >= 0.6 is 11.8 Å². The lowest BCUT2D eigenvalue weighted by molar-refractivity contribution is -0.128. The normalized spacial score (nSPS) is 14.2. The lowest BCUT2D eigenvalue weighted by Gasteiger charge is -2.35. The van der Waals surface area contributed by atoms with Crippen LogP contribution in [0.15, 0.2) is 47.8 Å². The van der Waals surface area contributed by atoms with Gasteiger partial charge in [0.2, 0.25) is 5.91 Å². The lowest BCUT2D eigenvalue weighted by Crippen LogP contribution is -2.49. The average Bonchev–Trinajstić information content (AvgIpc) is 3.14. The van der Waals surface area contributed by atoms with Gasteiger partial charge in [0.1, 0.15) is 11.6 Å². The number of piperazine rings is 1. The Morgan fingerprint density at radius 1 is 1.03 bits per heavy atom. The second kappa shape index (κ2) is 8.87. The number of aryl methyl sites for hydroxylation is 3. The van der Waals surface area contributed by atoms with E-state index in [1.165, 1.54) is 17.3 Å². The third kappa shape index (κ3) is 4.33. The van der Waals surface area contributed by atoms with Crippen molar-refractivity contribution in [2.24, 2.45) is 0 Å². The van der Waals surface area contributed by atoms with E-state index in [9.17, 15) is 4.79 Å². The standard InChI is InChI=1S/C22H26N6OS/c1-16-7-8-17(2)19(14-16)28-18(3)24-25-22(28)30-15-21(29)27-12-10-26(11-13-27)20-6-4-5-9-23-20/h4-9,14H,10-13,15H2,1-3H3. The molecule has 2 aromatic heterocycles. The van der Waals surface area contributed by atoms with Crippen molar-refractivity contribution in [1.29, 1.82) is 0 Å². The van der Waals surface area contributed by atoms with E-state index < -0.39 is 0 Å². The second-order valence-corrected chi connectivity index (χ2v) is 8.44. The predicted molar refractivity (Wildman–Crippen MR) is 119 cm³/mol. The number of amides is 1. The molecule has 0 bridgehead atoms. The number of hydrogen-bond acceptors (Lipinski definition) is 6. The monoisotopic (exact) mass is 422 g/mol. The van der Waals surface area contributed by atoms with Crippen LogP contribution < -0.4 is 4.90 Å². The molecule has 0 spiro atoms. The van der Waals surface area contributed by atoms with Crippen molar-refractivity contribution in [3.05, 3.63) is 59.5 Å². The predicted octanol–water partition coefficient (Wildman–Crippen LogP) is 3.03. The highest BCUT2D eigenvalue weighted by atomic mass is 32.2. The van der Waals surface area contributed by atoms with Crippen LogP contribution in [0.4, 0.5) is 5.82 Å².